The largest absolute Gasteiger partial charge is 0.460 e. The molecular formula is C15H20F7NO4. The zero-order valence-electron chi connectivity index (χ0n) is 14.5. The third-order valence-corrected chi connectivity index (χ3v) is 3.47. The van der Waals surface area contributed by atoms with E-state index in [1.807, 2.05) is 0 Å². The summed E-state index contributed by atoms with van der Waals surface area (Å²) in [5, 5.41) is 9.61. The van der Waals surface area contributed by atoms with Crippen LogP contribution in [0.15, 0.2) is 0 Å². The van der Waals surface area contributed by atoms with E-state index in [0.29, 0.717) is 6.42 Å². The molecule has 0 aliphatic carbocycles. The van der Waals surface area contributed by atoms with Crippen LogP contribution in [0.2, 0.25) is 0 Å². The third-order valence-electron chi connectivity index (χ3n) is 3.47. The Bertz CT molecular complexity index is 519. The minimum absolute atomic E-state index is 0.0362. The molecule has 0 aliphatic heterocycles. The highest BCUT2D eigenvalue weighted by atomic mass is 19.4. The second-order valence-corrected chi connectivity index (χ2v) is 5.77. The van der Waals surface area contributed by atoms with Gasteiger partial charge in [-0.2, -0.15) is 30.7 Å². The predicted octanol–water partition coefficient (Wildman–Crippen LogP) is 3.61. The van der Waals surface area contributed by atoms with Gasteiger partial charge < -0.3 is 19.4 Å². The molecule has 0 aromatic heterocycles. The number of esters is 1. The Kier molecular flexibility index (Phi) is 9.48. The zero-order valence-corrected chi connectivity index (χ0v) is 14.5. The average molecular weight is 411 g/mol. The first-order chi connectivity index (χ1) is 12.2. The monoisotopic (exact) mass is 411 g/mol. The standard InChI is InChI=1S/C15H20F7NO4/c1-4-10(24)8-11(26-6-5-23-3)7-9(2)27-12(25)13(16,17)14(18,19)15(20,21)22/h9-11,24H,4-8H2,1-2H3. The molecule has 0 saturated heterocycles. The summed E-state index contributed by atoms with van der Waals surface area (Å²) >= 11 is 0. The highest BCUT2D eigenvalue weighted by Gasteiger charge is 2.77. The molecule has 0 radical (unpaired) electrons. The van der Waals surface area contributed by atoms with Crippen LogP contribution in [-0.4, -0.2) is 60.6 Å². The van der Waals surface area contributed by atoms with Gasteiger partial charge >= 0.3 is 24.0 Å². The van der Waals surface area contributed by atoms with Crippen molar-refractivity contribution in [2.45, 2.75) is 69.4 Å². The molecule has 158 valence electrons. The summed E-state index contributed by atoms with van der Waals surface area (Å²) in [4.78, 5) is 14.2. The Morgan fingerprint density at radius 3 is 2.15 bits per heavy atom. The van der Waals surface area contributed by atoms with Gasteiger partial charge in [-0.25, -0.2) is 11.4 Å². The van der Waals surface area contributed by atoms with Crippen LogP contribution in [-0.2, 0) is 14.3 Å². The molecule has 0 amide bonds. The van der Waals surface area contributed by atoms with E-state index in [9.17, 15) is 40.6 Å². The van der Waals surface area contributed by atoms with Gasteiger partial charge in [-0.05, 0) is 19.8 Å². The van der Waals surface area contributed by atoms with Gasteiger partial charge in [0.1, 0.15) is 12.7 Å². The molecule has 1 N–H and O–H groups in total. The van der Waals surface area contributed by atoms with Crippen LogP contribution >= 0.6 is 0 Å². The Labute approximate surface area is 151 Å². The fourth-order valence-corrected chi connectivity index (χ4v) is 1.95. The Hall–Kier alpha value is -1.61. The molecule has 0 rings (SSSR count). The first kappa shape index (κ1) is 25.4. The van der Waals surface area contributed by atoms with Crippen LogP contribution in [0.3, 0.4) is 0 Å². The maximum absolute atomic E-state index is 13.3. The lowest BCUT2D eigenvalue weighted by Gasteiger charge is -2.28. The van der Waals surface area contributed by atoms with Crippen LogP contribution < -0.4 is 0 Å². The fourth-order valence-electron chi connectivity index (χ4n) is 1.95. The number of aliphatic hydroxyl groups excluding tert-OH is 1. The van der Waals surface area contributed by atoms with E-state index in [2.05, 4.69) is 9.58 Å². The van der Waals surface area contributed by atoms with Crippen molar-refractivity contribution in [2.75, 3.05) is 13.2 Å². The molecular weight excluding hydrogens is 391 g/mol. The number of ether oxygens (including phenoxy) is 2. The van der Waals surface area contributed by atoms with Gasteiger partial charge in [0.15, 0.2) is 0 Å². The molecule has 3 unspecified atom stereocenters. The highest BCUT2D eigenvalue weighted by molar-refractivity contribution is 5.79. The second kappa shape index (κ2) is 10.1. The van der Waals surface area contributed by atoms with Crippen molar-refractivity contribution in [1.29, 1.82) is 0 Å². The number of carbonyl (C=O) groups is 1. The summed E-state index contributed by atoms with van der Waals surface area (Å²) < 4.78 is 97.7. The van der Waals surface area contributed by atoms with Gasteiger partial charge in [0, 0.05) is 6.42 Å². The number of hydrogen-bond donors (Lipinski definition) is 1. The van der Waals surface area contributed by atoms with Crippen molar-refractivity contribution in [3.05, 3.63) is 11.4 Å². The van der Waals surface area contributed by atoms with Crippen molar-refractivity contribution in [1.82, 2.24) is 0 Å². The number of rotatable bonds is 11. The molecule has 27 heavy (non-hydrogen) atoms. The van der Waals surface area contributed by atoms with Crippen molar-refractivity contribution in [3.63, 3.8) is 0 Å². The molecule has 3 atom stereocenters. The molecule has 12 heteroatoms. The summed E-state index contributed by atoms with van der Waals surface area (Å²) in [6.07, 6.45) is -10.0. The van der Waals surface area contributed by atoms with Crippen LogP contribution in [0.5, 0.6) is 0 Å². The Morgan fingerprint density at radius 2 is 1.70 bits per heavy atom. The quantitative estimate of drug-likeness (QED) is 0.244. The number of nitrogens with zero attached hydrogens (tertiary/aromatic N) is 1. The Balaban J connectivity index is 5.02. The highest BCUT2D eigenvalue weighted by Crippen LogP contribution is 2.47. The van der Waals surface area contributed by atoms with Gasteiger partial charge in [-0.3, -0.25) is 0 Å². The number of aliphatic hydroxyl groups is 1. The van der Waals surface area contributed by atoms with E-state index in [-0.39, 0.29) is 26.0 Å². The SMILES string of the molecule is [C-]#[N+]CCOC(CC(O)CC)CC(C)OC(=O)C(F)(F)C(F)(F)C(F)(F)F. The summed E-state index contributed by atoms with van der Waals surface area (Å²) in [5.41, 5.74) is 0. The van der Waals surface area contributed by atoms with Crippen molar-refractivity contribution in [3.8, 4) is 0 Å². The predicted molar refractivity (Wildman–Crippen MR) is 78.2 cm³/mol. The molecule has 0 aliphatic rings. The van der Waals surface area contributed by atoms with Gasteiger partial charge in [0.2, 0.25) is 6.54 Å². The van der Waals surface area contributed by atoms with E-state index in [4.69, 9.17) is 11.3 Å². The first-order valence-electron chi connectivity index (χ1n) is 7.86. The maximum Gasteiger partial charge on any atom is 0.460 e. The topological polar surface area (TPSA) is 60.1 Å². The summed E-state index contributed by atoms with van der Waals surface area (Å²) in [6.45, 7) is 9.11. The molecule has 5 nitrogen and oxygen atoms in total. The Morgan fingerprint density at radius 1 is 1.15 bits per heavy atom. The van der Waals surface area contributed by atoms with Crippen LogP contribution in [0.1, 0.15) is 33.1 Å². The van der Waals surface area contributed by atoms with Crippen molar-refractivity contribution < 1.29 is 50.1 Å². The molecule has 0 aromatic rings. The fraction of sp³-hybridized carbons (Fsp3) is 0.867. The van der Waals surface area contributed by atoms with Gasteiger partial charge in [0.05, 0.1) is 12.2 Å². The zero-order chi connectivity index (χ0) is 21.5. The van der Waals surface area contributed by atoms with Gasteiger partial charge in [-0.1, -0.05) is 6.92 Å². The lowest BCUT2D eigenvalue weighted by atomic mass is 10.0. The van der Waals surface area contributed by atoms with Crippen LogP contribution in [0.4, 0.5) is 30.7 Å². The third kappa shape index (κ3) is 7.14. The second-order valence-electron chi connectivity index (χ2n) is 5.77. The number of hydrogen-bond acceptors (Lipinski definition) is 4. The summed E-state index contributed by atoms with van der Waals surface area (Å²) in [5.74, 6) is -15.7. The summed E-state index contributed by atoms with van der Waals surface area (Å²) in [7, 11) is 0. The first-order valence-corrected chi connectivity index (χ1v) is 7.86. The summed E-state index contributed by atoms with van der Waals surface area (Å²) in [6, 6.07) is 0. The van der Waals surface area contributed by atoms with Gasteiger partial charge in [-0.15, -0.1) is 0 Å². The van der Waals surface area contributed by atoms with Crippen LogP contribution in [0, 0.1) is 6.57 Å². The normalized spacial score (nSPS) is 16.3. The van der Waals surface area contributed by atoms with Crippen LogP contribution in [0.25, 0.3) is 4.85 Å². The van der Waals surface area contributed by atoms with E-state index in [0.717, 1.165) is 6.92 Å². The molecule has 0 saturated carbocycles. The van der Waals surface area contributed by atoms with E-state index >= 15 is 0 Å². The minimum Gasteiger partial charge on any atom is -0.458 e. The molecule has 0 aromatic carbocycles. The smallest absolute Gasteiger partial charge is 0.458 e. The maximum atomic E-state index is 13.3. The lowest BCUT2D eigenvalue weighted by molar-refractivity contribution is -0.349. The van der Waals surface area contributed by atoms with E-state index in [1.54, 1.807) is 6.92 Å². The van der Waals surface area contributed by atoms with E-state index in [1.165, 1.54) is 0 Å². The molecule has 0 fully saturated rings. The molecule has 0 heterocycles. The average Bonchev–Trinajstić information content (AvgIpc) is 2.53. The minimum atomic E-state index is -6.64. The van der Waals surface area contributed by atoms with E-state index < -0.39 is 42.3 Å². The number of carbonyl (C=O) groups excluding carboxylic acids is 1. The molecule has 0 spiro atoms. The van der Waals surface area contributed by atoms with Crippen molar-refractivity contribution in [2.24, 2.45) is 0 Å². The van der Waals surface area contributed by atoms with Gasteiger partial charge in [0.25, 0.3) is 0 Å². The van der Waals surface area contributed by atoms with Crippen molar-refractivity contribution >= 4 is 5.97 Å². The molecule has 0 bridgehead atoms. The lowest BCUT2D eigenvalue weighted by Crippen LogP contribution is -2.57. The number of halogens is 7. The number of alkyl halides is 7.